The second kappa shape index (κ2) is 8.19. The molecule has 0 atom stereocenters. The van der Waals surface area contributed by atoms with Gasteiger partial charge in [-0.2, -0.15) is 0 Å². The highest BCUT2D eigenvalue weighted by molar-refractivity contribution is 9.10. The number of aryl methyl sites for hydroxylation is 2. The van der Waals surface area contributed by atoms with Crippen LogP contribution in [0.1, 0.15) is 26.7 Å². The van der Waals surface area contributed by atoms with Gasteiger partial charge in [0.25, 0.3) is 5.91 Å². The highest BCUT2D eigenvalue weighted by atomic mass is 79.9. The average molecular weight is 460 g/mol. The molecular formula is C21H22BrN3O2S. The van der Waals surface area contributed by atoms with Crippen LogP contribution in [-0.4, -0.2) is 47.0 Å². The Hall–Kier alpha value is -1.96. The summed E-state index contributed by atoms with van der Waals surface area (Å²) in [4.78, 5) is 19.2. The predicted molar refractivity (Wildman–Crippen MR) is 115 cm³/mol. The first-order chi connectivity index (χ1) is 13.5. The Morgan fingerprint density at radius 2 is 1.82 bits per heavy atom. The predicted octanol–water partition coefficient (Wildman–Crippen LogP) is 4.74. The summed E-state index contributed by atoms with van der Waals surface area (Å²) < 4.78 is 6.31. The zero-order valence-electron chi connectivity index (χ0n) is 15.9. The monoisotopic (exact) mass is 459 g/mol. The summed E-state index contributed by atoms with van der Waals surface area (Å²) in [7, 11) is 0. The molecule has 0 saturated carbocycles. The molecule has 1 amide bonds. The summed E-state index contributed by atoms with van der Waals surface area (Å²) in [6.07, 6.45) is 0. The van der Waals surface area contributed by atoms with Gasteiger partial charge in [-0.1, -0.05) is 33.2 Å². The average Bonchev–Trinajstić information content (AvgIpc) is 3.31. The summed E-state index contributed by atoms with van der Waals surface area (Å²) >= 11 is 5.02. The second-order valence-corrected chi connectivity index (χ2v) is 9.04. The maximum Gasteiger partial charge on any atom is 0.264 e. The molecule has 3 aromatic rings. The largest absolute Gasteiger partial charge is 0.361 e. The van der Waals surface area contributed by atoms with E-state index in [0.29, 0.717) is 0 Å². The van der Waals surface area contributed by atoms with Gasteiger partial charge in [-0.15, -0.1) is 11.3 Å². The van der Waals surface area contributed by atoms with Crippen molar-refractivity contribution in [1.82, 2.24) is 15.0 Å². The molecule has 1 aliphatic heterocycles. The van der Waals surface area contributed by atoms with Crippen molar-refractivity contribution in [2.24, 2.45) is 0 Å². The molecule has 28 heavy (non-hydrogen) atoms. The van der Waals surface area contributed by atoms with Gasteiger partial charge in [-0.25, -0.2) is 0 Å². The van der Waals surface area contributed by atoms with Crippen LogP contribution in [0.5, 0.6) is 0 Å². The van der Waals surface area contributed by atoms with Crippen LogP contribution in [-0.2, 0) is 6.54 Å². The highest BCUT2D eigenvalue weighted by Crippen LogP contribution is 2.30. The number of nitrogens with zero attached hydrogens (tertiary/aromatic N) is 3. The standard InChI is InChI=1S/C21H22BrN3O2S/c1-14-18(15(2)27-23-14)13-24-9-11-25(12-10-24)21(26)20-8-7-19(28-20)16-3-5-17(22)6-4-16/h3-8H,9-13H2,1-2H3. The minimum atomic E-state index is 0.130. The highest BCUT2D eigenvalue weighted by Gasteiger charge is 2.24. The fraction of sp³-hybridized carbons (Fsp3) is 0.333. The molecule has 7 heteroatoms. The van der Waals surface area contributed by atoms with Gasteiger partial charge in [0.15, 0.2) is 0 Å². The fourth-order valence-electron chi connectivity index (χ4n) is 3.44. The van der Waals surface area contributed by atoms with Crippen molar-refractivity contribution in [3.63, 3.8) is 0 Å². The van der Waals surface area contributed by atoms with Crippen molar-refractivity contribution in [2.75, 3.05) is 26.2 Å². The third-order valence-corrected chi connectivity index (χ3v) is 6.82. The summed E-state index contributed by atoms with van der Waals surface area (Å²) in [5.74, 6) is 1.01. The van der Waals surface area contributed by atoms with Crippen molar-refractivity contribution < 1.29 is 9.32 Å². The number of aromatic nitrogens is 1. The first-order valence-electron chi connectivity index (χ1n) is 9.30. The number of benzene rings is 1. The van der Waals surface area contributed by atoms with E-state index in [1.165, 1.54) is 0 Å². The topological polar surface area (TPSA) is 49.6 Å². The quantitative estimate of drug-likeness (QED) is 0.565. The number of rotatable bonds is 4. The van der Waals surface area contributed by atoms with E-state index in [1.807, 2.05) is 43.0 Å². The lowest BCUT2D eigenvalue weighted by Gasteiger charge is -2.34. The Morgan fingerprint density at radius 1 is 1.11 bits per heavy atom. The van der Waals surface area contributed by atoms with E-state index in [9.17, 15) is 4.79 Å². The van der Waals surface area contributed by atoms with Crippen molar-refractivity contribution in [3.8, 4) is 10.4 Å². The maximum absolute atomic E-state index is 12.9. The Bertz CT molecular complexity index is 952. The summed E-state index contributed by atoms with van der Waals surface area (Å²) in [6, 6.07) is 12.2. The van der Waals surface area contributed by atoms with Gasteiger partial charge in [0.05, 0.1) is 10.6 Å². The lowest BCUT2D eigenvalue weighted by Crippen LogP contribution is -2.48. The van der Waals surface area contributed by atoms with Crippen LogP contribution >= 0.6 is 27.3 Å². The van der Waals surface area contributed by atoms with Crippen LogP contribution in [0.3, 0.4) is 0 Å². The van der Waals surface area contributed by atoms with E-state index in [4.69, 9.17) is 4.52 Å². The molecule has 0 N–H and O–H groups in total. The van der Waals surface area contributed by atoms with E-state index in [0.717, 1.165) is 69.5 Å². The molecule has 0 aliphatic carbocycles. The van der Waals surface area contributed by atoms with Crippen LogP contribution in [0.25, 0.3) is 10.4 Å². The molecule has 0 spiro atoms. The molecule has 0 bridgehead atoms. The molecule has 2 aromatic heterocycles. The zero-order chi connectivity index (χ0) is 19.7. The SMILES string of the molecule is Cc1noc(C)c1CN1CCN(C(=O)c2ccc(-c3ccc(Br)cc3)s2)CC1. The molecule has 146 valence electrons. The normalized spacial score (nSPS) is 15.2. The third kappa shape index (κ3) is 4.06. The van der Waals surface area contributed by atoms with E-state index >= 15 is 0 Å². The van der Waals surface area contributed by atoms with Crippen LogP contribution in [0.4, 0.5) is 0 Å². The van der Waals surface area contributed by atoms with Crippen molar-refractivity contribution in [1.29, 1.82) is 0 Å². The number of piperazine rings is 1. The number of thiophene rings is 1. The smallest absolute Gasteiger partial charge is 0.264 e. The molecule has 3 heterocycles. The Kier molecular flexibility index (Phi) is 5.66. The number of carbonyl (C=O) groups is 1. The van der Waals surface area contributed by atoms with E-state index in [1.54, 1.807) is 11.3 Å². The number of amides is 1. The number of halogens is 1. The maximum atomic E-state index is 12.9. The number of hydrogen-bond donors (Lipinski definition) is 0. The fourth-order valence-corrected chi connectivity index (χ4v) is 4.68. The van der Waals surface area contributed by atoms with Crippen molar-refractivity contribution in [3.05, 3.63) is 62.8 Å². The molecule has 5 nitrogen and oxygen atoms in total. The second-order valence-electron chi connectivity index (χ2n) is 7.04. The summed E-state index contributed by atoms with van der Waals surface area (Å²) in [5.41, 5.74) is 3.25. The summed E-state index contributed by atoms with van der Waals surface area (Å²) in [6.45, 7) is 7.97. The Morgan fingerprint density at radius 3 is 2.46 bits per heavy atom. The molecule has 1 aromatic carbocycles. The molecule has 4 rings (SSSR count). The first-order valence-corrected chi connectivity index (χ1v) is 10.9. The van der Waals surface area contributed by atoms with Gasteiger partial charge in [0.1, 0.15) is 5.76 Å². The molecular weight excluding hydrogens is 438 g/mol. The first kappa shape index (κ1) is 19.4. The zero-order valence-corrected chi connectivity index (χ0v) is 18.3. The molecule has 1 fully saturated rings. The minimum Gasteiger partial charge on any atom is -0.361 e. The van der Waals surface area contributed by atoms with Crippen molar-refractivity contribution in [2.45, 2.75) is 20.4 Å². The minimum absolute atomic E-state index is 0.130. The lowest BCUT2D eigenvalue weighted by atomic mass is 10.1. The van der Waals surface area contributed by atoms with Gasteiger partial charge in [0, 0.05) is 47.6 Å². The van der Waals surface area contributed by atoms with Gasteiger partial charge < -0.3 is 9.42 Å². The van der Waals surface area contributed by atoms with Crippen LogP contribution in [0.2, 0.25) is 0 Å². The Labute approximate surface area is 177 Å². The van der Waals surface area contributed by atoms with Crippen LogP contribution in [0, 0.1) is 13.8 Å². The van der Waals surface area contributed by atoms with Gasteiger partial charge >= 0.3 is 0 Å². The van der Waals surface area contributed by atoms with E-state index in [-0.39, 0.29) is 5.91 Å². The number of carbonyl (C=O) groups excluding carboxylic acids is 1. The number of hydrogen-bond acceptors (Lipinski definition) is 5. The van der Waals surface area contributed by atoms with Crippen LogP contribution < -0.4 is 0 Å². The van der Waals surface area contributed by atoms with Crippen LogP contribution in [0.15, 0.2) is 45.4 Å². The third-order valence-electron chi connectivity index (χ3n) is 5.17. The molecule has 0 radical (unpaired) electrons. The van der Waals surface area contributed by atoms with Gasteiger partial charge in [0.2, 0.25) is 0 Å². The van der Waals surface area contributed by atoms with E-state index in [2.05, 4.69) is 38.1 Å². The molecule has 0 unspecified atom stereocenters. The summed E-state index contributed by atoms with van der Waals surface area (Å²) in [5, 5.41) is 4.03. The van der Waals surface area contributed by atoms with Gasteiger partial charge in [-0.05, 0) is 43.7 Å². The van der Waals surface area contributed by atoms with Gasteiger partial charge in [-0.3, -0.25) is 9.69 Å². The lowest BCUT2D eigenvalue weighted by molar-refractivity contribution is 0.0632. The van der Waals surface area contributed by atoms with Crippen molar-refractivity contribution >= 4 is 33.2 Å². The molecule has 1 aliphatic rings. The Balaban J connectivity index is 1.37. The van der Waals surface area contributed by atoms with E-state index < -0.39 is 0 Å². The molecule has 1 saturated heterocycles.